The van der Waals surface area contributed by atoms with Crippen LogP contribution in [-0.4, -0.2) is 50.0 Å². The lowest BCUT2D eigenvalue weighted by molar-refractivity contribution is -0.0683. The summed E-state index contributed by atoms with van der Waals surface area (Å²) in [6.45, 7) is 1.12. The number of H-pyrrole nitrogens is 1. The minimum Gasteiger partial charge on any atom is -0.396 e. The molecule has 3 atom stereocenters. The Bertz CT molecular complexity index is 549. The molecule has 1 aromatic heterocycles. The van der Waals surface area contributed by atoms with Crippen LogP contribution in [0.3, 0.4) is 0 Å². The van der Waals surface area contributed by atoms with E-state index in [1.54, 1.807) is 0 Å². The number of aliphatic hydroxyl groups excluding tert-OH is 2. The molecule has 0 aromatic carbocycles. The lowest BCUT2D eigenvalue weighted by Crippen LogP contribution is -2.57. The first-order valence-corrected chi connectivity index (χ1v) is 5.49. The molecule has 8 heteroatoms. The molecule has 2 rings (SSSR count). The van der Waals surface area contributed by atoms with Crippen molar-refractivity contribution in [3.05, 3.63) is 33.1 Å². The quantitative estimate of drug-likeness (QED) is 0.453. The lowest BCUT2D eigenvalue weighted by Gasteiger charge is -2.33. The van der Waals surface area contributed by atoms with Gasteiger partial charge in [0.15, 0.2) is 5.72 Å². The Labute approximate surface area is 102 Å². The largest absolute Gasteiger partial charge is 0.396 e. The Kier molecular flexibility index (Phi) is 3.01. The molecule has 100 valence electrons. The monoisotopic (exact) mass is 257 g/mol. The Balaban J connectivity index is 2.45. The summed E-state index contributed by atoms with van der Waals surface area (Å²) in [6.07, 6.45) is 0.0172. The topological polar surface area (TPSA) is 119 Å². The van der Waals surface area contributed by atoms with Crippen molar-refractivity contribution in [1.29, 1.82) is 0 Å². The molecule has 0 saturated carbocycles. The van der Waals surface area contributed by atoms with E-state index in [1.807, 2.05) is 0 Å². The third kappa shape index (κ3) is 1.84. The second kappa shape index (κ2) is 4.23. The third-order valence-electron chi connectivity index (χ3n) is 3.24. The van der Waals surface area contributed by atoms with Crippen LogP contribution in [0.1, 0.15) is 6.92 Å². The molecule has 1 aliphatic rings. The summed E-state index contributed by atoms with van der Waals surface area (Å²) < 4.78 is 1.01. The number of hydrogen-bond acceptors (Lipinski definition) is 6. The van der Waals surface area contributed by atoms with E-state index < -0.39 is 29.0 Å². The fourth-order valence-corrected chi connectivity index (χ4v) is 2.17. The zero-order valence-corrected chi connectivity index (χ0v) is 9.78. The number of rotatable bonds is 2. The molecule has 1 aliphatic heterocycles. The summed E-state index contributed by atoms with van der Waals surface area (Å²) >= 11 is 0. The lowest BCUT2D eigenvalue weighted by atomic mass is 10.0. The molecule has 0 radical (unpaired) electrons. The molecule has 0 unspecified atom stereocenters. The van der Waals surface area contributed by atoms with Crippen molar-refractivity contribution in [3.8, 4) is 0 Å². The van der Waals surface area contributed by atoms with Crippen LogP contribution in [0.4, 0.5) is 0 Å². The summed E-state index contributed by atoms with van der Waals surface area (Å²) in [5.74, 6) is -0.571. The minimum absolute atomic E-state index is 0.0939. The first-order chi connectivity index (χ1) is 8.37. The summed E-state index contributed by atoms with van der Waals surface area (Å²) in [7, 11) is 0. The molecule has 0 bridgehead atoms. The predicted molar refractivity (Wildman–Crippen MR) is 61.6 cm³/mol. The van der Waals surface area contributed by atoms with Crippen molar-refractivity contribution in [2.24, 2.45) is 5.92 Å². The number of hydrogen-bond donors (Lipinski definition) is 4. The van der Waals surface area contributed by atoms with Gasteiger partial charge in [0.1, 0.15) is 6.10 Å². The molecule has 1 fully saturated rings. The number of aromatic amines is 1. The standard InChI is InChI=1S/C10H15N3O5/c1-10(18)8(16)6(5-14)4-13(10)12-3-2-7(15)11-9(12)17/h2-3,6,8,14,16,18H,4-5H2,1H3,(H,11,15,17)/t6-,8-,10-/m1/s1. The molecule has 18 heavy (non-hydrogen) atoms. The van der Waals surface area contributed by atoms with Gasteiger partial charge in [-0.1, -0.05) is 0 Å². The molecule has 2 heterocycles. The van der Waals surface area contributed by atoms with Crippen LogP contribution in [0.5, 0.6) is 0 Å². The van der Waals surface area contributed by atoms with E-state index in [0.29, 0.717) is 0 Å². The second-order valence-corrected chi connectivity index (χ2v) is 4.52. The highest BCUT2D eigenvalue weighted by molar-refractivity contribution is 5.11. The molecule has 8 nitrogen and oxygen atoms in total. The van der Waals surface area contributed by atoms with Gasteiger partial charge in [0.2, 0.25) is 0 Å². The zero-order chi connectivity index (χ0) is 13.5. The van der Waals surface area contributed by atoms with Crippen molar-refractivity contribution in [1.82, 2.24) is 9.66 Å². The zero-order valence-electron chi connectivity index (χ0n) is 9.78. The second-order valence-electron chi connectivity index (χ2n) is 4.52. The average Bonchev–Trinajstić information content (AvgIpc) is 2.52. The normalized spacial score (nSPS) is 31.9. The number of aromatic nitrogens is 2. The minimum atomic E-state index is -1.70. The van der Waals surface area contributed by atoms with Gasteiger partial charge in [-0.15, -0.1) is 0 Å². The van der Waals surface area contributed by atoms with Gasteiger partial charge in [-0.2, -0.15) is 0 Å². The number of aliphatic hydroxyl groups is 3. The molecule has 0 aliphatic carbocycles. The van der Waals surface area contributed by atoms with Crippen LogP contribution in [0.15, 0.2) is 21.9 Å². The maximum Gasteiger partial charge on any atom is 0.347 e. The first-order valence-electron chi connectivity index (χ1n) is 5.49. The fraction of sp³-hybridized carbons (Fsp3) is 0.600. The van der Waals surface area contributed by atoms with Gasteiger partial charge in [0.25, 0.3) is 5.56 Å². The maximum atomic E-state index is 11.6. The maximum absolute atomic E-state index is 11.6. The van der Waals surface area contributed by atoms with Crippen LogP contribution in [0, 0.1) is 5.92 Å². The summed E-state index contributed by atoms with van der Waals surface area (Å²) in [4.78, 5) is 24.6. The van der Waals surface area contributed by atoms with E-state index in [0.717, 1.165) is 10.7 Å². The highest BCUT2D eigenvalue weighted by Gasteiger charge is 2.49. The van der Waals surface area contributed by atoms with E-state index in [-0.39, 0.29) is 13.2 Å². The van der Waals surface area contributed by atoms with E-state index in [4.69, 9.17) is 5.11 Å². The smallest absolute Gasteiger partial charge is 0.347 e. The fourth-order valence-electron chi connectivity index (χ4n) is 2.17. The molecule has 0 amide bonds. The van der Waals surface area contributed by atoms with Crippen LogP contribution < -0.4 is 16.3 Å². The van der Waals surface area contributed by atoms with Crippen molar-refractivity contribution in [2.75, 3.05) is 18.2 Å². The third-order valence-corrected chi connectivity index (χ3v) is 3.24. The van der Waals surface area contributed by atoms with Gasteiger partial charge in [-0.3, -0.25) is 14.8 Å². The highest BCUT2D eigenvalue weighted by atomic mass is 16.4. The number of nitrogens with one attached hydrogen (secondary N) is 1. The van der Waals surface area contributed by atoms with Gasteiger partial charge in [0.05, 0.1) is 6.61 Å². The predicted octanol–water partition coefficient (Wildman–Crippen LogP) is -2.83. The van der Waals surface area contributed by atoms with Gasteiger partial charge >= 0.3 is 5.69 Å². The van der Waals surface area contributed by atoms with E-state index >= 15 is 0 Å². The van der Waals surface area contributed by atoms with Gasteiger partial charge in [-0.25, -0.2) is 9.47 Å². The van der Waals surface area contributed by atoms with Crippen molar-refractivity contribution in [3.63, 3.8) is 0 Å². The van der Waals surface area contributed by atoms with Gasteiger partial charge in [-0.05, 0) is 6.92 Å². The van der Waals surface area contributed by atoms with Crippen molar-refractivity contribution < 1.29 is 15.3 Å². The van der Waals surface area contributed by atoms with Crippen LogP contribution >= 0.6 is 0 Å². The van der Waals surface area contributed by atoms with Crippen LogP contribution in [0.25, 0.3) is 0 Å². The average molecular weight is 257 g/mol. The van der Waals surface area contributed by atoms with Crippen molar-refractivity contribution >= 4 is 0 Å². The Morgan fingerprint density at radius 1 is 1.56 bits per heavy atom. The first kappa shape index (κ1) is 12.8. The molecule has 1 aromatic rings. The van der Waals surface area contributed by atoms with E-state index in [1.165, 1.54) is 18.1 Å². The Morgan fingerprint density at radius 3 is 2.72 bits per heavy atom. The Morgan fingerprint density at radius 2 is 2.22 bits per heavy atom. The van der Waals surface area contributed by atoms with Crippen LogP contribution in [0.2, 0.25) is 0 Å². The van der Waals surface area contributed by atoms with E-state index in [9.17, 15) is 19.8 Å². The summed E-state index contributed by atoms with van der Waals surface area (Å²) in [5.41, 5.74) is -2.96. The summed E-state index contributed by atoms with van der Waals surface area (Å²) in [5, 5.41) is 30.3. The summed E-state index contributed by atoms with van der Waals surface area (Å²) in [6, 6.07) is 1.14. The molecule has 1 saturated heterocycles. The molecular weight excluding hydrogens is 242 g/mol. The Hall–Kier alpha value is -1.64. The molecular formula is C10H15N3O5. The highest BCUT2D eigenvalue weighted by Crippen LogP contribution is 2.28. The molecule has 0 spiro atoms. The van der Waals surface area contributed by atoms with E-state index in [2.05, 4.69) is 4.98 Å². The SMILES string of the molecule is C[C@@]1(O)[C@H](O)[C@@H](CO)CN1n1ccc(=O)[nH]c1=O. The van der Waals surface area contributed by atoms with Crippen LogP contribution in [-0.2, 0) is 0 Å². The van der Waals surface area contributed by atoms with Gasteiger partial charge in [0, 0.05) is 24.7 Å². The molecule has 4 N–H and O–H groups in total. The number of nitrogens with zero attached hydrogens (tertiary/aromatic N) is 2. The van der Waals surface area contributed by atoms with Crippen molar-refractivity contribution in [2.45, 2.75) is 18.8 Å². The van der Waals surface area contributed by atoms with Gasteiger partial charge < -0.3 is 15.3 Å².